The van der Waals surface area contributed by atoms with Crippen molar-refractivity contribution in [1.29, 1.82) is 0 Å². The molecule has 19 heavy (non-hydrogen) atoms. The van der Waals surface area contributed by atoms with Crippen LogP contribution in [-0.4, -0.2) is 9.55 Å². The largest absolute Gasteiger partial charge is 0.742 e. The molecule has 5 heteroatoms. The van der Waals surface area contributed by atoms with Crippen LogP contribution in [0.2, 0.25) is 5.02 Å². The fraction of sp³-hybridized carbons (Fsp3) is 0. The van der Waals surface area contributed by atoms with Gasteiger partial charge in [-0.15, -0.1) is 0 Å². The number of fused-ring (bicyclic) bond motifs is 1. The second-order valence-corrected chi connectivity index (χ2v) is 4.83. The van der Waals surface area contributed by atoms with E-state index in [0.717, 1.165) is 0 Å². The van der Waals surface area contributed by atoms with Gasteiger partial charge in [0.2, 0.25) is 0 Å². The second kappa shape index (κ2) is 4.64. The third kappa shape index (κ3) is 2.09. The lowest BCUT2D eigenvalue weighted by Crippen LogP contribution is -2.21. The van der Waals surface area contributed by atoms with Crippen molar-refractivity contribution in [3.05, 3.63) is 63.9 Å². The quantitative estimate of drug-likeness (QED) is 0.510. The number of nitrogens with zero attached hydrogens (tertiary/aromatic N) is 2. The van der Waals surface area contributed by atoms with Crippen molar-refractivity contribution in [2.75, 3.05) is 0 Å². The van der Waals surface area contributed by atoms with Crippen LogP contribution in [0, 0.1) is 0 Å². The van der Waals surface area contributed by atoms with Gasteiger partial charge in [0, 0.05) is 10.7 Å². The van der Waals surface area contributed by atoms with Gasteiger partial charge < -0.3 is 12.6 Å². The van der Waals surface area contributed by atoms with Crippen LogP contribution in [0.1, 0.15) is 0 Å². The first-order valence-corrected chi connectivity index (χ1v) is 6.40. The molecule has 3 aromatic rings. The first kappa shape index (κ1) is 12.1. The van der Waals surface area contributed by atoms with Gasteiger partial charge in [-0.2, -0.15) is 0 Å². The maximum Gasteiger partial charge on any atom is 0.264 e. The number of aromatic nitrogens is 2. The van der Waals surface area contributed by atoms with E-state index in [0.29, 0.717) is 21.6 Å². The Morgan fingerprint density at radius 2 is 1.84 bits per heavy atom. The zero-order chi connectivity index (χ0) is 13.4. The zero-order valence-corrected chi connectivity index (χ0v) is 11.3. The summed E-state index contributed by atoms with van der Waals surface area (Å²) in [5, 5.41) is 1.26. The Hall–Kier alpha value is -1.91. The van der Waals surface area contributed by atoms with Gasteiger partial charge in [-0.05, 0) is 35.5 Å². The van der Waals surface area contributed by atoms with Crippen molar-refractivity contribution in [2.24, 2.45) is 0 Å². The lowest BCUT2D eigenvalue weighted by Gasteiger charge is -2.16. The molecule has 3 rings (SSSR count). The molecule has 1 aromatic heterocycles. The first-order valence-electron chi connectivity index (χ1n) is 5.61. The summed E-state index contributed by atoms with van der Waals surface area (Å²) in [5.74, 6) is 0. The van der Waals surface area contributed by atoms with Crippen molar-refractivity contribution < 1.29 is 0 Å². The average Bonchev–Trinajstić information content (AvgIpc) is 2.39. The number of halogens is 1. The van der Waals surface area contributed by atoms with Gasteiger partial charge in [-0.3, -0.25) is 14.3 Å². The molecule has 1 heterocycles. The van der Waals surface area contributed by atoms with E-state index in [2.05, 4.69) is 4.98 Å². The Bertz CT molecular complexity index is 815. The number of hydrogen-bond donors (Lipinski definition) is 0. The number of rotatable bonds is 1. The summed E-state index contributed by atoms with van der Waals surface area (Å²) in [7, 11) is 0. The molecule has 94 valence electrons. The Balaban J connectivity index is 2.39. The highest BCUT2D eigenvalue weighted by molar-refractivity contribution is 7.58. The van der Waals surface area contributed by atoms with E-state index in [1.54, 1.807) is 18.2 Å². The van der Waals surface area contributed by atoms with Gasteiger partial charge in [-0.25, -0.2) is 0 Å². The maximum absolute atomic E-state index is 12.5. The smallest absolute Gasteiger partial charge is 0.264 e. The molecule has 3 nitrogen and oxygen atoms in total. The van der Waals surface area contributed by atoms with Gasteiger partial charge in [0.05, 0.1) is 10.9 Å². The molecule has 0 unspecified atom stereocenters. The van der Waals surface area contributed by atoms with Gasteiger partial charge in [-0.1, -0.05) is 29.8 Å². The molecular formula is C14H8ClN2OS-. The maximum atomic E-state index is 12.5. The summed E-state index contributed by atoms with van der Waals surface area (Å²) >= 11 is 11.1. The summed E-state index contributed by atoms with van der Waals surface area (Å²) < 4.78 is 1.42. The number of hydrogen-bond acceptors (Lipinski definition) is 3. The summed E-state index contributed by atoms with van der Waals surface area (Å²) in [4.78, 5) is 16.7. The molecule has 0 bridgehead atoms. The highest BCUT2D eigenvalue weighted by atomic mass is 35.5. The molecule has 0 amide bonds. The van der Waals surface area contributed by atoms with Crippen LogP contribution in [0.4, 0.5) is 0 Å². The standard InChI is InChI=1S/C14H9ClN2OS/c15-9-6-7-11-12(8-9)16-14(19)17(13(11)18)10-4-2-1-3-5-10/h1-8H,(H,16,19)/p-1. The summed E-state index contributed by atoms with van der Waals surface area (Å²) in [6.45, 7) is 0. The molecule has 0 atom stereocenters. The third-order valence-electron chi connectivity index (χ3n) is 2.82. The SMILES string of the molecule is O=c1c2ccc(Cl)cc2nc([S-])n1-c1ccccc1. The molecule has 0 radical (unpaired) electrons. The van der Waals surface area contributed by atoms with Crippen LogP contribution in [0.25, 0.3) is 16.6 Å². The Morgan fingerprint density at radius 3 is 2.58 bits per heavy atom. The van der Waals surface area contributed by atoms with Crippen LogP contribution in [0.15, 0.2) is 58.5 Å². The Kier molecular flexibility index (Phi) is 2.97. The van der Waals surface area contributed by atoms with E-state index < -0.39 is 0 Å². The van der Waals surface area contributed by atoms with Gasteiger partial charge in [0.15, 0.2) is 0 Å². The van der Waals surface area contributed by atoms with Crippen LogP contribution in [0.3, 0.4) is 0 Å². The molecule has 0 N–H and O–H groups in total. The van der Waals surface area contributed by atoms with Crippen molar-refractivity contribution in [3.8, 4) is 5.69 Å². The fourth-order valence-electron chi connectivity index (χ4n) is 1.94. The van der Waals surface area contributed by atoms with Gasteiger partial charge in [0.25, 0.3) is 5.56 Å². The first-order chi connectivity index (χ1) is 9.16. The van der Waals surface area contributed by atoms with Crippen LogP contribution in [-0.2, 0) is 12.6 Å². The molecule has 0 saturated carbocycles. The highest BCUT2D eigenvalue weighted by Gasteiger charge is 2.06. The minimum Gasteiger partial charge on any atom is -0.742 e. The minimum atomic E-state index is -0.183. The molecule has 0 saturated heterocycles. The van der Waals surface area contributed by atoms with E-state index in [1.165, 1.54) is 4.57 Å². The molecule has 2 aromatic carbocycles. The van der Waals surface area contributed by atoms with Crippen molar-refractivity contribution in [1.82, 2.24) is 9.55 Å². The topological polar surface area (TPSA) is 34.9 Å². The fourth-order valence-corrected chi connectivity index (χ4v) is 2.40. The molecule has 0 aliphatic heterocycles. The molecular weight excluding hydrogens is 280 g/mol. The average molecular weight is 288 g/mol. The van der Waals surface area contributed by atoms with E-state index >= 15 is 0 Å². The Labute approximate surface area is 119 Å². The van der Waals surface area contributed by atoms with Crippen LogP contribution in [0.5, 0.6) is 0 Å². The van der Waals surface area contributed by atoms with Crippen LogP contribution < -0.4 is 5.56 Å². The molecule has 0 aliphatic rings. The van der Waals surface area contributed by atoms with Crippen molar-refractivity contribution >= 4 is 35.1 Å². The van der Waals surface area contributed by atoms with E-state index in [1.807, 2.05) is 30.3 Å². The van der Waals surface area contributed by atoms with E-state index in [-0.39, 0.29) is 10.7 Å². The normalized spacial score (nSPS) is 10.8. The van der Waals surface area contributed by atoms with Crippen molar-refractivity contribution in [2.45, 2.75) is 5.16 Å². The lowest BCUT2D eigenvalue weighted by atomic mass is 10.2. The third-order valence-corrected chi connectivity index (χ3v) is 3.32. The van der Waals surface area contributed by atoms with Crippen LogP contribution >= 0.6 is 11.6 Å². The molecule has 0 aliphatic carbocycles. The highest BCUT2D eigenvalue weighted by Crippen LogP contribution is 2.17. The van der Waals surface area contributed by atoms with E-state index in [9.17, 15) is 4.79 Å². The summed E-state index contributed by atoms with van der Waals surface area (Å²) in [5.41, 5.74) is 1.05. The number of para-hydroxylation sites is 1. The summed E-state index contributed by atoms with van der Waals surface area (Å²) in [6.07, 6.45) is 0. The number of benzene rings is 2. The van der Waals surface area contributed by atoms with E-state index in [4.69, 9.17) is 24.2 Å². The molecule has 0 fully saturated rings. The minimum absolute atomic E-state index is 0.183. The molecule has 0 spiro atoms. The second-order valence-electron chi connectivity index (χ2n) is 4.03. The Morgan fingerprint density at radius 1 is 1.11 bits per heavy atom. The van der Waals surface area contributed by atoms with Crippen molar-refractivity contribution in [3.63, 3.8) is 0 Å². The summed E-state index contributed by atoms with van der Waals surface area (Å²) in [6, 6.07) is 14.2. The predicted octanol–water partition coefficient (Wildman–Crippen LogP) is 2.94. The van der Waals surface area contributed by atoms with Gasteiger partial charge in [0.1, 0.15) is 0 Å². The van der Waals surface area contributed by atoms with Gasteiger partial charge >= 0.3 is 0 Å². The monoisotopic (exact) mass is 287 g/mol. The zero-order valence-electron chi connectivity index (χ0n) is 9.71. The predicted molar refractivity (Wildman–Crippen MR) is 78.0 cm³/mol. The lowest BCUT2D eigenvalue weighted by molar-refractivity contribution is 0.823.